The van der Waals surface area contributed by atoms with Crippen LogP contribution in [0.4, 0.5) is 10.2 Å². The van der Waals surface area contributed by atoms with Crippen LogP contribution in [0.1, 0.15) is 26.3 Å². The summed E-state index contributed by atoms with van der Waals surface area (Å²) >= 11 is 6.85. The first-order valence-electron chi connectivity index (χ1n) is 13.9. The van der Waals surface area contributed by atoms with Gasteiger partial charge in [0.15, 0.2) is 5.82 Å². The minimum atomic E-state index is -0.553. The molecule has 1 aliphatic heterocycles. The molecule has 0 spiro atoms. The van der Waals surface area contributed by atoms with Crippen LogP contribution in [0.25, 0.3) is 32.9 Å². The topological polar surface area (TPSA) is 90.5 Å². The van der Waals surface area contributed by atoms with Crippen LogP contribution in [0.3, 0.4) is 0 Å². The van der Waals surface area contributed by atoms with Gasteiger partial charge in [0, 0.05) is 54.1 Å². The largest absolute Gasteiger partial charge is 0.462 e. The standard InChI is InChI=1S/C30H35ClFN7O2/c1-6-23(40)38-11-12-39(19(5)17-38)29-21-15-22(31)25(24-18(4)9-10-20-16-33-36-27(20)24)26(32)28(21)34-30(35-29)41-14-13-37(7-2)8-3/h6,9-10,15-16,19H,1,7-8,11-14,17H2,2-5H3,(H,33,36)/t19-/m0/s1. The highest BCUT2D eigenvalue weighted by Gasteiger charge is 2.30. The SMILES string of the molecule is C=CC(=O)N1CCN(c2nc(OCCN(CC)CC)nc3c(F)c(-c4c(C)ccc5cn[nH]c45)c(Cl)cc23)[C@@H](C)C1. The zero-order chi connectivity index (χ0) is 29.3. The molecule has 1 aliphatic rings. The average molecular weight is 580 g/mol. The van der Waals surface area contributed by atoms with Gasteiger partial charge < -0.3 is 19.4 Å². The van der Waals surface area contributed by atoms with Crippen LogP contribution in [0.15, 0.2) is 37.1 Å². The lowest BCUT2D eigenvalue weighted by Gasteiger charge is -2.40. The Labute approximate surface area is 243 Å². The van der Waals surface area contributed by atoms with E-state index in [1.165, 1.54) is 6.08 Å². The molecule has 0 radical (unpaired) electrons. The monoisotopic (exact) mass is 579 g/mol. The lowest BCUT2D eigenvalue weighted by atomic mass is 9.96. The number of anilines is 1. The van der Waals surface area contributed by atoms with E-state index >= 15 is 4.39 Å². The smallest absolute Gasteiger partial charge is 0.319 e. The van der Waals surface area contributed by atoms with E-state index in [2.05, 4.69) is 45.4 Å². The van der Waals surface area contributed by atoms with Gasteiger partial charge in [0.05, 0.1) is 16.7 Å². The lowest BCUT2D eigenvalue weighted by molar-refractivity contribution is -0.126. The summed E-state index contributed by atoms with van der Waals surface area (Å²) in [5.41, 5.74) is 2.56. The maximum absolute atomic E-state index is 16.7. The van der Waals surface area contributed by atoms with E-state index in [0.29, 0.717) is 55.1 Å². The van der Waals surface area contributed by atoms with Crippen molar-refractivity contribution < 1.29 is 13.9 Å². The number of rotatable bonds is 9. The molecule has 4 aromatic rings. The quantitative estimate of drug-likeness (QED) is 0.272. The molecule has 0 unspecified atom stereocenters. The molecule has 0 aliphatic carbocycles. The summed E-state index contributed by atoms with van der Waals surface area (Å²) in [6, 6.07) is 5.58. The van der Waals surface area contributed by atoms with Crippen LogP contribution >= 0.6 is 11.6 Å². The molecule has 0 bridgehead atoms. The molecule has 0 saturated carbocycles. The molecule has 216 valence electrons. The summed E-state index contributed by atoms with van der Waals surface area (Å²) in [6.07, 6.45) is 3.02. The highest BCUT2D eigenvalue weighted by atomic mass is 35.5. The van der Waals surface area contributed by atoms with Gasteiger partial charge in [-0.05, 0) is 44.6 Å². The number of aromatic amines is 1. The zero-order valence-electron chi connectivity index (χ0n) is 23.9. The molecular formula is C30H35ClFN7O2. The number of carbonyl (C=O) groups excluding carboxylic acids is 1. The predicted octanol–water partition coefficient (Wildman–Crippen LogP) is 5.22. The summed E-state index contributed by atoms with van der Waals surface area (Å²) in [4.78, 5) is 27.6. The number of piperazine rings is 1. The van der Waals surface area contributed by atoms with E-state index in [9.17, 15) is 4.79 Å². The van der Waals surface area contributed by atoms with Gasteiger partial charge in [-0.2, -0.15) is 15.1 Å². The summed E-state index contributed by atoms with van der Waals surface area (Å²) in [7, 11) is 0. The van der Waals surface area contributed by atoms with Crippen molar-refractivity contribution in [3.8, 4) is 17.1 Å². The van der Waals surface area contributed by atoms with E-state index in [1.54, 1.807) is 17.2 Å². The van der Waals surface area contributed by atoms with Crippen LogP contribution in [-0.2, 0) is 4.79 Å². The van der Waals surface area contributed by atoms with Crippen molar-refractivity contribution in [2.24, 2.45) is 0 Å². The number of amides is 1. The van der Waals surface area contributed by atoms with E-state index in [4.69, 9.17) is 21.3 Å². The number of aromatic nitrogens is 4. The van der Waals surface area contributed by atoms with Crippen molar-refractivity contribution >= 4 is 45.1 Å². The van der Waals surface area contributed by atoms with Crippen molar-refractivity contribution in [2.75, 3.05) is 50.8 Å². The van der Waals surface area contributed by atoms with Crippen molar-refractivity contribution in [2.45, 2.75) is 33.7 Å². The van der Waals surface area contributed by atoms with Crippen molar-refractivity contribution in [1.29, 1.82) is 0 Å². The van der Waals surface area contributed by atoms with Crippen LogP contribution in [-0.4, -0.2) is 87.8 Å². The van der Waals surface area contributed by atoms with Crippen molar-refractivity contribution in [3.63, 3.8) is 0 Å². The predicted molar refractivity (Wildman–Crippen MR) is 161 cm³/mol. The summed E-state index contributed by atoms with van der Waals surface area (Å²) in [5.74, 6) is -0.149. The molecule has 1 N–H and O–H groups in total. The number of aryl methyl sites for hydroxylation is 1. The summed E-state index contributed by atoms with van der Waals surface area (Å²) in [6.45, 7) is 16.0. The number of H-pyrrole nitrogens is 1. The van der Waals surface area contributed by atoms with Crippen molar-refractivity contribution in [3.05, 3.63) is 53.5 Å². The van der Waals surface area contributed by atoms with Gasteiger partial charge in [0.1, 0.15) is 17.9 Å². The first kappa shape index (κ1) is 28.8. The fraction of sp³-hybridized carbons (Fsp3) is 0.400. The maximum Gasteiger partial charge on any atom is 0.319 e. The lowest BCUT2D eigenvalue weighted by Crippen LogP contribution is -2.53. The maximum atomic E-state index is 16.7. The van der Waals surface area contributed by atoms with E-state index in [1.807, 2.05) is 26.0 Å². The third-order valence-corrected chi connectivity index (χ3v) is 8.14. The normalized spacial score (nSPS) is 15.7. The van der Waals surface area contributed by atoms with Gasteiger partial charge >= 0.3 is 6.01 Å². The van der Waals surface area contributed by atoms with E-state index in [-0.39, 0.29) is 34.1 Å². The highest BCUT2D eigenvalue weighted by Crippen LogP contribution is 2.42. The fourth-order valence-corrected chi connectivity index (χ4v) is 5.81. The number of likely N-dealkylation sites (N-methyl/N-ethyl adjacent to an activating group) is 1. The Hall–Kier alpha value is -3.76. The number of fused-ring (bicyclic) bond motifs is 2. The van der Waals surface area contributed by atoms with E-state index in [0.717, 1.165) is 24.0 Å². The molecule has 1 fully saturated rings. The third-order valence-electron chi connectivity index (χ3n) is 7.84. The molecule has 1 amide bonds. The molecule has 2 aromatic carbocycles. The van der Waals surface area contributed by atoms with Crippen LogP contribution in [0, 0.1) is 12.7 Å². The third kappa shape index (κ3) is 5.46. The molecule has 11 heteroatoms. The Kier molecular flexibility index (Phi) is 8.42. The Morgan fingerprint density at radius 1 is 1.27 bits per heavy atom. The molecule has 41 heavy (non-hydrogen) atoms. The Morgan fingerprint density at radius 3 is 2.76 bits per heavy atom. The highest BCUT2D eigenvalue weighted by molar-refractivity contribution is 6.35. The van der Waals surface area contributed by atoms with Gasteiger partial charge in [-0.3, -0.25) is 9.89 Å². The second-order valence-corrected chi connectivity index (χ2v) is 10.7. The fourth-order valence-electron chi connectivity index (χ4n) is 5.52. The van der Waals surface area contributed by atoms with Gasteiger partial charge in [-0.25, -0.2) is 4.39 Å². The molecule has 1 atom stereocenters. The number of benzene rings is 2. The minimum Gasteiger partial charge on any atom is -0.462 e. The number of nitrogens with one attached hydrogen (secondary N) is 1. The molecule has 5 rings (SSSR count). The second kappa shape index (κ2) is 12.0. The number of hydrogen-bond donors (Lipinski definition) is 1. The first-order valence-corrected chi connectivity index (χ1v) is 14.3. The average Bonchev–Trinajstić information content (AvgIpc) is 3.45. The molecule has 2 aromatic heterocycles. The van der Waals surface area contributed by atoms with Crippen LogP contribution < -0.4 is 9.64 Å². The van der Waals surface area contributed by atoms with E-state index < -0.39 is 5.82 Å². The Morgan fingerprint density at radius 2 is 2.05 bits per heavy atom. The van der Waals surface area contributed by atoms with Gasteiger partial charge in [-0.1, -0.05) is 44.2 Å². The first-order chi connectivity index (χ1) is 19.8. The van der Waals surface area contributed by atoms with Crippen molar-refractivity contribution in [1.82, 2.24) is 30.0 Å². The number of ether oxygens (including phenoxy) is 1. The van der Waals surface area contributed by atoms with Crippen LogP contribution in [0.5, 0.6) is 6.01 Å². The molecular weight excluding hydrogens is 545 g/mol. The summed E-state index contributed by atoms with van der Waals surface area (Å²) < 4.78 is 22.7. The van der Waals surface area contributed by atoms with Gasteiger partial charge in [0.2, 0.25) is 5.91 Å². The summed E-state index contributed by atoms with van der Waals surface area (Å²) in [5, 5.41) is 8.73. The molecule has 3 heterocycles. The number of nitrogens with zero attached hydrogens (tertiary/aromatic N) is 6. The second-order valence-electron chi connectivity index (χ2n) is 10.3. The Bertz CT molecular complexity index is 1600. The number of hydrogen-bond acceptors (Lipinski definition) is 7. The number of carbonyl (C=O) groups is 1. The van der Waals surface area contributed by atoms with Crippen LogP contribution in [0.2, 0.25) is 5.02 Å². The van der Waals surface area contributed by atoms with Gasteiger partial charge in [-0.15, -0.1) is 0 Å². The molecule has 9 nitrogen and oxygen atoms in total. The minimum absolute atomic E-state index is 0.0973. The zero-order valence-corrected chi connectivity index (χ0v) is 24.6. The Balaban J connectivity index is 1.64. The molecule has 1 saturated heterocycles. The van der Waals surface area contributed by atoms with Gasteiger partial charge in [0.25, 0.3) is 0 Å². The number of halogens is 2.